The van der Waals surface area contributed by atoms with Crippen LogP contribution in [0, 0.1) is 5.82 Å². The minimum Gasteiger partial charge on any atom is -0.396 e. The lowest BCUT2D eigenvalue weighted by Gasteiger charge is -2.36. The summed E-state index contributed by atoms with van der Waals surface area (Å²) in [4.78, 5) is 1.86. The van der Waals surface area contributed by atoms with Gasteiger partial charge in [0.05, 0.1) is 5.56 Å². The van der Waals surface area contributed by atoms with Crippen molar-refractivity contribution in [2.45, 2.75) is 18.6 Å². The Bertz CT molecular complexity index is 473. The fourth-order valence-electron chi connectivity index (χ4n) is 2.77. The van der Waals surface area contributed by atoms with Gasteiger partial charge in [0.1, 0.15) is 5.82 Å². The first-order valence-electron chi connectivity index (χ1n) is 6.86. The molecule has 1 aromatic carbocycles. The van der Waals surface area contributed by atoms with Gasteiger partial charge in [-0.2, -0.15) is 13.2 Å². The van der Waals surface area contributed by atoms with Crippen molar-refractivity contribution in [3.63, 3.8) is 0 Å². The zero-order valence-electron chi connectivity index (χ0n) is 11.5. The summed E-state index contributed by atoms with van der Waals surface area (Å²) >= 11 is 0. The van der Waals surface area contributed by atoms with Crippen molar-refractivity contribution in [2.24, 2.45) is 0 Å². The van der Waals surface area contributed by atoms with Gasteiger partial charge < -0.3 is 10.4 Å². The van der Waals surface area contributed by atoms with E-state index in [0.29, 0.717) is 26.2 Å². The van der Waals surface area contributed by atoms with Crippen LogP contribution in [0.3, 0.4) is 0 Å². The Balaban J connectivity index is 2.42. The average Bonchev–Trinajstić information content (AvgIpc) is 2.44. The molecule has 1 aliphatic rings. The van der Waals surface area contributed by atoms with Gasteiger partial charge in [-0.1, -0.05) is 12.1 Å². The third kappa shape index (κ3) is 3.72. The van der Waals surface area contributed by atoms with Crippen LogP contribution in [0.15, 0.2) is 18.2 Å². The molecule has 0 aromatic heterocycles. The zero-order chi connectivity index (χ0) is 15.5. The number of nitrogens with one attached hydrogen (secondary N) is 1. The van der Waals surface area contributed by atoms with E-state index in [9.17, 15) is 22.7 Å². The number of rotatable bonds is 4. The molecule has 1 fully saturated rings. The number of hydrogen-bond acceptors (Lipinski definition) is 3. The van der Waals surface area contributed by atoms with Crippen molar-refractivity contribution in [3.05, 3.63) is 35.1 Å². The summed E-state index contributed by atoms with van der Waals surface area (Å²) in [6, 6.07) is 2.77. The second kappa shape index (κ2) is 6.72. The second-order valence-electron chi connectivity index (χ2n) is 5.02. The van der Waals surface area contributed by atoms with Crippen molar-refractivity contribution in [1.29, 1.82) is 0 Å². The fraction of sp³-hybridized carbons (Fsp3) is 0.571. The smallest absolute Gasteiger partial charge is 0.396 e. The molecular formula is C14H18F4N2O. The first-order valence-corrected chi connectivity index (χ1v) is 6.86. The number of piperazine rings is 1. The highest BCUT2D eigenvalue weighted by molar-refractivity contribution is 5.34. The normalized spacial score (nSPS) is 18.7. The van der Waals surface area contributed by atoms with Crippen LogP contribution >= 0.6 is 0 Å². The molecule has 21 heavy (non-hydrogen) atoms. The molecule has 2 rings (SSSR count). The molecule has 2 N–H and O–H groups in total. The van der Waals surface area contributed by atoms with E-state index in [1.54, 1.807) is 0 Å². The molecule has 0 saturated carbocycles. The average molecular weight is 306 g/mol. The summed E-state index contributed by atoms with van der Waals surface area (Å²) in [6.07, 6.45) is -4.60. The summed E-state index contributed by atoms with van der Waals surface area (Å²) in [7, 11) is 0. The molecule has 1 atom stereocenters. The Hall–Kier alpha value is -1.18. The Morgan fingerprint density at radius 2 is 1.90 bits per heavy atom. The Morgan fingerprint density at radius 1 is 1.24 bits per heavy atom. The Kier molecular flexibility index (Phi) is 5.18. The van der Waals surface area contributed by atoms with E-state index in [1.807, 2.05) is 4.90 Å². The maximum atomic E-state index is 13.7. The van der Waals surface area contributed by atoms with Gasteiger partial charge in [-0.3, -0.25) is 4.90 Å². The number of benzene rings is 1. The van der Waals surface area contributed by atoms with Gasteiger partial charge in [0.25, 0.3) is 0 Å². The number of aliphatic hydroxyl groups excluding tert-OH is 1. The van der Waals surface area contributed by atoms with Crippen LogP contribution in [-0.4, -0.2) is 42.8 Å². The van der Waals surface area contributed by atoms with Gasteiger partial charge in [0.15, 0.2) is 0 Å². The molecule has 7 heteroatoms. The summed E-state index contributed by atoms with van der Waals surface area (Å²) in [5.74, 6) is -1.27. The van der Waals surface area contributed by atoms with Gasteiger partial charge in [-0.05, 0) is 18.1 Å². The molecule has 0 aliphatic carbocycles. The molecule has 1 heterocycles. The third-order valence-electron chi connectivity index (χ3n) is 3.68. The number of nitrogens with zero attached hydrogens (tertiary/aromatic N) is 1. The predicted molar refractivity (Wildman–Crippen MR) is 70.3 cm³/mol. The van der Waals surface area contributed by atoms with Crippen LogP contribution in [0.25, 0.3) is 0 Å². The monoisotopic (exact) mass is 306 g/mol. The van der Waals surface area contributed by atoms with Crippen LogP contribution in [0.1, 0.15) is 23.6 Å². The Morgan fingerprint density at radius 3 is 2.48 bits per heavy atom. The molecule has 0 amide bonds. The molecule has 1 aliphatic heterocycles. The summed E-state index contributed by atoms with van der Waals surface area (Å²) in [6.45, 7) is 2.22. The molecule has 0 bridgehead atoms. The van der Waals surface area contributed by atoms with E-state index in [-0.39, 0.29) is 18.6 Å². The van der Waals surface area contributed by atoms with E-state index < -0.39 is 23.6 Å². The first kappa shape index (κ1) is 16.2. The number of aliphatic hydroxyl groups is 1. The number of hydrogen-bond donors (Lipinski definition) is 2. The van der Waals surface area contributed by atoms with E-state index in [4.69, 9.17) is 0 Å². The van der Waals surface area contributed by atoms with E-state index in [2.05, 4.69) is 5.32 Å². The number of halogens is 4. The largest absolute Gasteiger partial charge is 0.419 e. The highest BCUT2D eigenvalue weighted by atomic mass is 19.4. The Labute approximate surface area is 120 Å². The summed E-state index contributed by atoms with van der Waals surface area (Å²) in [5.41, 5.74) is -1.32. The maximum Gasteiger partial charge on any atom is 0.419 e. The molecular weight excluding hydrogens is 288 g/mol. The van der Waals surface area contributed by atoms with E-state index in [0.717, 1.165) is 6.07 Å². The summed E-state index contributed by atoms with van der Waals surface area (Å²) < 4.78 is 53.1. The molecule has 3 nitrogen and oxygen atoms in total. The molecule has 118 valence electrons. The molecule has 1 saturated heterocycles. The van der Waals surface area contributed by atoms with E-state index in [1.165, 1.54) is 12.1 Å². The second-order valence-corrected chi connectivity index (χ2v) is 5.02. The lowest BCUT2D eigenvalue weighted by Crippen LogP contribution is -2.45. The topological polar surface area (TPSA) is 35.5 Å². The van der Waals surface area contributed by atoms with Gasteiger partial charge in [0, 0.05) is 38.8 Å². The van der Waals surface area contributed by atoms with Gasteiger partial charge in [-0.25, -0.2) is 4.39 Å². The highest BCUT2D eigenvalue weighted by Gasteiger charge is 2.39. The van der Waals surface area contributed by atoms with Gasteiger partial charge in [0.2, 0.25) is 0 Å². The molecule has 0 spiro atoms. The van der Waals surface area contributed by atoms with Crippen LogP contribution < -0.4 is 5.32 Å². The van der Waals surface area contributed by atoms with Gasteiger partial charge >= 0.3 is 6.18 Å². The first-order chi connectivity index (χ1) is 9.95. The molecule has 0 unspecified atom stereocenters. The molecule has 1 aromatic rings. The SMILES string of the molecule is OCC[C@@H](c1cccc(F)c1C(F)(F)F)N1CCNCC1. The summed E-state index contributed by atoms with van der Waals surface area (Å²) in [5, 5.41) is 12.3. The van der Waals surface area contributed by atoms with Crippen molar-refractivity contribution in [2.75, 3.05) is 32.8 Å². The minimum atomic E-state index is -4.75. The maximum absolute atomic E-state index is 13.7. The lowest BCUT2D eigenvalue weighted by atomic mass is 9.95. The predicted octanol–water partition coefficient (Wildman–Crippen LogP) is 2.17. The van der Waals surface area contributed by atoms with Gasteiger partial charge in [-0.15, -0.1) is 0 Å². The zero-order valence-corrected chi connectivity index (χ0v) is 11.5. The van der Waals surface area contributed by atoms with Crippen LogP contribution in [-0.2, 0) is 6.18 Å². The van der Waals surface area contributed by atoms with Crippen molar-refractivity contribution < 1.29 is 22.7 Å². The lowest BCUT2D eigenvalue weighted by molar-refractivity contribution is -0.141. The quantitative estimate of drug-likeness (QED) is 0.837. The van der Waals surface area contributed by atoms with E-state index >= 15 is 0 Å². The van der Waals surface area contributed by atoms with Crippen molar-refractivity contribution in [1.82, 2.24) is 10.2 Å². The number of alkyl halides is 3. The van der Waals surface area contributed by atoms with Crippen molar-refractivity contribution >= 4 is 0 Å². The van der Waals surface area contributed by atoms with Crippen LogP contribution in [0.2, 0.25) is 0 Å². The van der Waals surface area contributed by atoms with Crippen molar-refractivity contribution in [3.8, 4) is 0 Å². The minimum absolute atomic E-state index is 0.0987. The third-order valence-corrected chi connectivity index (χ3v) is 3.68. The van der Waals surface area contributed by atoms with Crippen LogP contribution in [0.4, 0.5) is 17.6 Å². The molecule has 0 radical (unpaired) electrons. The fourth-order valence-corrected chi connectivity index (χ4v) is 2.77. The standard InChI is InChI=1S/C14H18F4N2O/c15-11-3-1-2-10(13(11)14(16,17)18)12(4-9-21)20-7-5-19-6-8-20/h1-3,12,19,21H,4-9H2/t12-/m0/s1. The highest BCUT2D eigenvalue weighted by Crippen LogP contribution is 2.39. The van der Waals surface area contributed by atoms with Crippen LogP contribution in [0.5, 0.6) is 0 Å².